The molecule has 1 atom stereocenters. The van der Waals surface area contributed by atoms with Gasteiger partial charge in [-0.3, -0.25) is 0 Å². The zero-order valence-corrected chi connectivity index (χ0v) is 22.9. The van der Waals surface area contributed by atoms with Crippen molar-refractivity contribution in [2.45, 2.75) is 76.8 Å². The van der Waals surface area contributed by atoms with E-state index in [1.807, 2.05) is 0 Å². The highest BCUT2D eigenvalue weighted by atomic mass is 15.5. The van der Waals surface area contributed by atoms with Gasteiger partial charge in [0.15, 0.2) is 0 Å². The number of unbranched alkanes of at least 4 members (excludes halogenated alkanes) is 5. The Morgan fingerprint density at radius 1 is 0.684 bits per heavy atom. The Morgan fingerprint density at radius 3 is 2.00 bits per heavy atom. The van der Waals surface area contributed by atoms with Crippen LogP contribution in [-0.4, -0.2) is 44.1 Å². The van der Waals surface area contributed by atoms with E-state index in [4.69, 9.17) is 5.21 Å². The zero-order valence-electron chi connectivity index (χ0n) is 22.9. The molecule has 2 aromatic heterocycles. The molecule has 3 aromatic carbocycles. The molecule has 1 aliphatic heterocycles. The van der Waals surface area contributed by atoms with Gasteiger partial charge in [-0.2, -0.15) is 0 Å². The first-order chi connectivity index (χ1) is 18.8. The summed E-state index contributed by atoms with van der Waals surface area (Å²) in [4.78, 5) is 2.66. The number of aromatic nitrogens is 4. The van der Waals surface area contributed by atoms with Gasteiger partial charge < -0.3 is 9.47 Å². The van der Waals surface area contributed by atoms with Gasteiger partial charge in [0.25, 0.3) is 0 Å². The minimum Gasteiger partial charge on any atom is -0.315 e. The van der Waals surface area contributed by atoms with Crippen molar-refractivity contribution in [1.82, 2.24) is 24.5 Å². The number of hydrogen-bond acceptors (Lipinski definition) is 3. The summed E-state index contributed by atoms with van der Waals surface area (Å²) in [5.41, 5.74) is 4.34. The topological polar surface area (TPSA) is 38.9 Å². The van der Waals surface area contributed by atoms with E-state index in [1.54, 1.807) is 0 Å². The van der Waals surface area contributed by atoms with Crippen molar-refractivity contribution < 1.29 is 0 Å². The maximum atomic E-state index is 4.94. The van der Waals surface area contributed by atoms with Crippen LogP contribution in [0.2, 0.25) is 0 Å². The monoisotopic (exact) mass is 507 g/mol. The number of rotatable bonds is 12. The van der Waals surface area contributed by atoms with E-state index in [-0.39, 0.29) is 5.66 Å². The fraction of sp³-hybridized carbons (Fsp3) is 0.455. The highest BCUT2D eigenvalue weighted by Gasteiger charge is 2.39. The van der Waals surface area contributed by atoms with Gasteiger partial charge in [-0.15, -0.1) is 5.10 Å². The molecule has 5 nitrogen and oxygen atoms in total. The summed E-state index contributed by atoms with van der Waals surface area (Å²) in [6, 6.07) is 26.4. The average molecular weight is 508 g/mol. The van der Waals surface area contributed by atoms with E-state index in [1.165, 1.54) is 86.3 Å². The Morgan fingerprint density at radius 2 is 1.29 bits per heavy atom. The predicted molar refractivity (Wildman–Crippen MR) is 159 cm³/mol. The number of fused-ring (bicyclic) bond motifs is 4. The van der Waals surface area contributed by atoms with Crippen LogP contribution in [0.5, 0.6) is 0 Å². The van der Waals surface area contributed by atoms with E-state index in [0.29, 0.717) is 0 Å². The Kier molecular flexibility index (Phi) is 7.46. The molecule has 5 aromatic rings. The molecule has 6 rings (SSSR count). The van der Waals surface area contributed by atoms with E-state index in [0.717, 1.165) is 30.4 Å². The lowest BCUT2D eigenvalue weighted by atomic mass is 9.95. The summed E-state index contributed by atoms with van der Waals surface area (Å²) in [6.45, 7) is 5.78. The van der Waals surface area contributed by atoms with Crippen LogP contribution < -0.4 is 0 Å². The second-order valence-electron chi connectivity index (χ2n) is 11.2. The van der Waals surface area contributed by atoms with Gasteiger partial charge in [-0.1, -0.05) is 92.8 Å². The molecule has 1 aliphatic rings. The molecule has 0 saturated carbocycles. The molecule has 198 valence electrons. The smallest absolute Gasteiger partial charge is 0.141 e. The van der Waals surface area contributed by atoms with Gasteiger partial charge >= 0.3 is 0 Å². The maximum absolute atomic E-state index is 4.94. The molecule has 0 aliphatic carbocycles. The second-order valence-corrected chi connectivity index (χ2v) is 11.2. The minimum atomic E-state index is -0.341. The number of hydrogen-bond donors (Lipinski definition) is 0. The summed E-state index contributed by atoms with van der Waals surface area (Å²) in [7, 11) is 0. The molecular formula is C33H41N5. The van der Waals surface area contributed by atoms with E-state index in [2.05, 4.69) is 99.0 Å². The fourth-order valence-corrected chi connectivity index (χ4v) is 6.73. The van der Waals surface area contributed by atoms with Crippen LogP contribution in [0.15, 0.2) is 72.8 Å². The van der Waals surface area contributed by atoms with E-state index < -0.39 is 0 Å². The Hall–Kier alpha value is -3.18. The summed E-state index contributed by atoms with van der Waals surface area (Å²) in [6.07, 6.45) is 12.4. The molecule has 3 heterocycles. The molecule has 1 unspecified atom stereocenters. The van der Waals surface area contributed by atoms with Gasteiger partial charge in [0.1, 0.15) is 11.2 Å². The quantitative estimate of drug-likeness (QED) is 0.161. The molecule has 0 bridgehead atoms. The van der Waals surface area contributed by atoms with Gasteiger partial charge in [0.2, 0.25) is 0 Å². The van der Waals surface area contributed by atoms with Crippen molar-refractivity contribution >= 4 is 32.8 Å². The second kappa shape index (κ2) is 11.3. The van der Waals surface area contributed by atoms with Crippen LogP contribution in [0.4, 0.5) is 0 Å². The van der Waals surface area contributed by atoms with Crippen LogP contribution in [0.1, 0.15) is 71.1 Å². The lowest BCUT2D eigenvalue weighted by molar-refractivity contribution is 0.152. The van der Waals surface area contributed by atoms with Gasteiger partial charge in [-0.25, -0.2) is 4.68 Å². The molecule has 1 fully saturated rings. The number of nitrogens with zero attached hydrogens (tertiary/aromatic N) is 5. The van der Waals surface area contributed by atoms with Gasteiger partial charge in [0, 0.05) is 23.7 Å². The molecule has 0 radical (unpaired) electrons. The highest BCUT2D eigenvalue weighted by Crippen LogP contribution is 2.41. The van der Waals surface area contributed by atoms with Crippen molar-refractivity contribution in [3.63, 3.8) is 0 Å². The van der Waals surface area contributed by atoms with Crippen LogP contribution in [0.25, 0.3) is 32.8 Å². The maximum Gasteiger partial charge on any atom is 0.141 e. The molecule has 5 heteroatoms. The average Bonchev–Trinajstić information content (AvgIpc) is 3.71. The third kappa shape index (κ3) is 4.62. The Bertz CT molecular complexity index is 1440. The normalized spacial score (nSPS) is 16.1. The first-order valence-corrected chi connectivity index (χ1v) is 14.8. The van der Waals surface area contributed by atoms with Crippen LogP contribution in [-0.2, 0) is 5.66 Å². The minimum absolute atomic E-state index is 0.341. The summed E-state index contributed by atoms with van der Waals surface area (Å²) >= 11 is 0. The first-order valence-electron chi connectivity index (χ1n) is 14.8. The predicted octanol–water partition coefficient (Wildman–Crippen LogP) is 7.98. The third-order valence-corrected chi connectivity index (χ3v) is 8.70. The molecule has 0 amide bonds. The number of benzene rings is 3. The Balaban J connectivity index is 1.54. The Labute approximate surface area is 226 Å². The summed E-state index contributed by atoms with van der Waals surface area (Å²) in [5, 5.41) is 12.3. The van der Waals surface area contributed by atoms with Gasteiger partial charge in [-0.05, 0) is 63.0 Å². The molecule has 38 heavy (non-hydrogen) atoms. The lowest BCUT2D eigenvalue weighted by Gasteiger charge is -2.39. The highest BCUT2D eigenvalue weighted by molar-refractivity contribution is 6.08. The van der Waals surface area contributed by atoms with Crippen molar-refractivity contribution in [1.29, 1.82) is 0 Å². The fourth-order valence-electron chi connectivity index (χ4n) is 6.73. The van der Waals surface area contributed by atoms with Crippen LogP contribution in [0.3, 0.4) is 0 Å². The van der Waals surface area contributed by atoms with E-state index in [9.17, 15) is 0 Å². The first kappa shape index (κ1) is 25.1. The summed E-state index contributed by atoms with van der Waals surface area (Å²) in [5.74, 6) is 0. The van der Waals surface area contributed by atoms with Crippen LogP contribution >= 0.6 is 0 Å². The SMILES string of the molecule is CCCCCCCCC(CCN1CCCC1)(n1nnc2ccccc21)n1c2ccccc2c2ccccc21. The third-order valence-electron chi connectivity index (χ3n) is 8.70. The number of para-hydroxylation sites is 3. The van der Waals surface area contributed by atoms with Crippen molar-refractivity contribution in [2.24, 2.45) is 0 Å². The van der Waals surface area contributed by atoms with Crippen molar-refractivity contribution in [2.75, 3.05) is 19.6 Å². The molecular weight excluding hydrogens is 466 g/mol. The van der Waals surface area contributed by atoms with E-state index >= 15 is 0 Å². The standard InChI is InChI=1S/C33H41N5/c1-2-3-4-5-6-13-22-33(23-26-36-24-14-15-25-36,38-32-21-12-9-18-29(32)34-35-38)37-30-19-10-7-16-27(30)28-17-8-11-20-31(28)37/h7-12,16-21H,2-6,13-15,22-26H2,1H3. The molecule has 1 saturated heterocycles. The molecule has 0 spiro atoms. The van der Waals surface area contributed by atoms with Crippen molar-refractivity contribution in [3.8, 4) is 0 Å². The number of likely N-dealkylation sites (tertiary alicyclic amines) is 1. The molecule has 0 N–H and O–H groups in total. The largest absolute Gasteiger partial charge is 0.315 e. The van der Waals surface area contributed by atoms with Gasteiger partial charge in [0.05, 0.1) is 16.6 Å². The lowest BCUT2D eigenvalue weighted by Crippen LogP contribution is -2.44. The zero-order chi connectivity index (χ0) is 25.8. The van der Waals surface area contributed by atoms with Crippen molar-refractivity contribution in [3.05, 3.63) is 72.8 Å². The summed E-state index contributed by atoms with van der Waals surface area (Å²) < 4.78 is 4.93. The van der Waals surface area contributed by atoms with Crippen LogP contribution in [0, 0.1) is 0 Å².